The van der Waals surface area contributed by atoms with E-state index < -0.39 is 5.54 Å². The van der Waals surface area contributed by atoms with Gasteiger partial charge < -0.3 is 20.1 Å². The van der Waals surface area contributed by atoms with Gasteiger partial charge in [-0.1, -0.05) is 0 Å². The molecule has 1 amide bonds. The number of nitrogens with zero attached hydrogens (tertiary/aromatic N) is 2. The molecule has 1 unspecified atom stereocenters. The molecule has 7 nitrogen and oxygen atoms in total. The van der Waals surface area contributed by atoms with Crippen molar-refractivity contribution >= 4 is 24.0 Å². The van der Waals surface area contributed by atoms with Crippen LogP contribution in [0.5, 0.6) is 5.75 Å². The number of rotatable bonds is 6. The largest absolute Gasteiger partial charge is 0.491 e. The highest BCUT2D eigenvalue weighted by molar-refractivity contribution is 5.96. The topological polar surface area (TPSA) is 77.4 Å². The van der Waals surface area contributed by atoms with Crippen LogP contribution in [0.25, 0.3) is 0 Å². The third-order valence-electron chi connectivity index (χ3n) is 5.37. The summed E-state index contributed by atoms with van der Waals surface area (Å²) in [6.07, 6.45) is 7.36. The summed E-state index contributed by atoms with van der Waals surface area (Å²) in [5.74, 6) is 0.757. The van der Waals surface area contributed by atoms with E-state index >= 15 is 0 Å². The van der Waals surface area contributed by atoms with Gasteiger partial charge in [-0.25, -0.2) is 0 Å². The Bertz CT molecular complexity index is 739. The fourth-order valence-corrected chi connectivity index (χ4v) is 3.77. The second-order valence-corrected chi connectivity index (χ2v) is 7.16. The van der Waals surface area contributed by atoms with Gasteiger partial charge >= 0.3 is 0 Å². The number of amides is 1. The third kappa shape index (κ3) is 4.48. The van der Waals surface area contributed by atoms with Crippen molar-refractivity contribution < 1.29 is 14.3 Å². The Morgan fingerprint density at radius 2 is 2.11 bits per heavy atom. The zero-order valence-electron chi connectivity index (χ0n) is 15.8. The maximum absolute atomic E-state index is 13.1. The molecule has 1 aromatic carbocycles. The van der Waals surface area contributed by atoms with E-state index in [0.717, 1.165) is 44.0 Å². The van der Waals surface area contributed by atoms with Gasteiger partial charge in [0.15, 0.2) is 0 Å². The van der Waals surface area contributed by atoms with Crippen LogP contribution in [0, 0.1) is 0 Å². The average Bonchev–Trinajstić information content (AvgIpc) is 3.42. The van der Waals surface area contributed by atoms with Crippen LogP contribution in [0.15, 0.2) is 42.7 Å². The Hall–Kier alpha value is -2.09. The summed E-state index contributed by atoms with van der Waals surface area (Å²) in [6, 6.07) is 9.37. The lowest BCUT2D eigenvalue weighted by Crippen LogP contribution is -2.52. The summed E-state index contributed by atoms with van der Waals surface area (Å²) in [5.41, 5.74) is 0.110. The molecule has 2 aromatic rings. The summed E-state index contributed by atoms with van der Waals surface area (Å²) in [4.78, 5) is 13.1. The minimum atomic E-state index is -0.649. The molecule has 1 atom stereocenters. The van der Waals surface area contributed by atoms with Gasteiger partial charge in [-0.3, -0.25) is 9.48 Å². The molecule has 2 N–H and O–H groups in total. The Kier molecular flexibility index (Phi) is 6.93. The summed E-state index contributed by atoms with van der Waals surface area (Å²) in [5, 5.41) is 10.7. The summed E-state index contributed by atoms with van der Waals surface area (Å²) < 4.78 is 13.1. The molecule has 152 valence electrons. The quantitative estimate of drug-likeness (QED) is 0.771. The normalized spacial score (nSPS) is 20.9. The molecule has 8 heteroatoms. The molecule has 0 saturated carbocycles. The summed E-state index contributed by atoms with van der Waals surface area (Å²) in [7, 11) is 0. The lowest BCUT2D eigenvalue weighted by molar-refractivity contribution is -0.126. The number of hydrogen-bond acceptors (Lipinski definition) is 5. The van der Waals surface area contributed by atoms with Gasteiger partial charge in [0.1, 0.15) is 17.9 Å². The van der Waals surface area contributed by atoms with E-state index in [2.05, 4.69) is 15.7 Å². The van der Waals surface area contributed by atoms with E-state index in [1.807, 2.05) is 36.5 Å². The number of carbonyl (C=O) groups excluding carboxylic acids is 1. The van der Waals surface area contributed by atoms with Crippen molar-refractivity contribution in [2.75, 3.05) is 31.6 Å². The number of nitrogens with one attached hydrogen (secondary N) is 2. The third-order valence-corrected chi connectivity index (χ3v) is 5.37. The molecule has 0 aliphatic carbocycles. The lowest BCUT2D eigenvalue weighted by Gasteiger charge is -2.36. The smallest absolute Gasteiger partial charge is 0.252 e. The van der Waals surface area contributed by atoms with Crippen molar-refractivity contribution in [1.82, 2.24) is 15.1 Å². The fourth-order valence-electron chi connectivity index (χ4n) is 3.77. The monoisotopic (exact) mass is 406 g/mol. The van der Waals surface area contributed by atoms with Crippen LogP contribution in [0.1, 0.15) is 25.7 Å². The zero-order valence-corrected chi connectivity index (χ0v) is 16.6. The molecule has 0 spiro atoms. The van der Waals surface area contributed by atoms with Gasteiger partial charge in [-0.05, 0) is 69.1 Å². The van der Waals surface area contributed by atoms with Gasteiger partial charge in [0.05, 0.1) is 6.10 Å². The van der Waals surface area contributed by atoms with Gasteiger partial charge in [0, 0.05) is 24.7 Å². The molecular weight excluding hydrogens is 380 g/mol. The Labute approximate surface area is 171 Å². The van der Waals surface area contributed by atoms with Gasteiger partial charge in [-0.2, -0.15) is 5.10 Å². The Morgan fingerprint density at radius 3 is 2.75 bits per heavy atom. The van der Waals surface area contributed by atoms with Crippen molar-refractivity contribution in [3.05, 3.63) is 42.7 Å². The van der Waals surface area contributed by atoms with Gasteiger partial charge in [0.25, 0.3) is 5.91 Å². The molecule has 2 aliphatic rings. The van der Waals surface area contributed by atoms with E-state index in [1.165, 1.54) is 0 Å². The minimum Gasteiger partial charge on any atom is -0.491 e. The maximum Gasteiger partial charge on any atom is 0.252 e. The first-order valence-electron chi connectivity index (χ1n) is 9.63. The van der Waals surface area contributed by atoms with E-state index in [0.29, 0.717) is 19.4 Å². The van der Waals surface area contributed by atoms with E-state index in [-0.39, 0.29) is 24.4 Å². The number of ether oxygens (including phenoxy) is 2. The summed E-state index contributed by atoms with van der Waals surface area (Å²) >= 11 is 0. The molecule has 0 bridgehead atoms. The summed E-state index contributed by atoms with van der Waals surface area (Å²) in [6.45, 7) is 2.99. The number of anilines is 1. The lowest BCUT2D eigenvalue weighted by atomic mass is 9.87. The van der Waals surface area contributed by atoms with Crippen LogP contribution in [0.3, 0.4) is 0 Å². The van der Waals surface area contributed by atoms with Crippen molar-refractivity contribution in [3.63, 3.8) is 0 Å². The Balaban J connectivity index is 0.00000225. The first kappa shape index (κ1) is 20.6. The van der Waals surface area contributed by atoms with Crippen molar-refractivity contribution in [3.8, 4) is 5.75 Å². The molecule has 28 heavy (non-hydrogen) atoms. The molecule has 2 fully saturated rings. The van der Waals surface area contributed by atoms with Crippen LogP contribution in [-0.4, -0.2) is 48.1 Å². The molecule has 2 aliphatic heterocycles. The van der Waals surface area contributed by atoms with E-state index in [1.54, 1.807) is 10.9 Å². The molecule has 1 aromatic heterocycles. The van der Waals surface area contributed by atoms with E-state index in [4.69, 9.17) is 9.47 Å². The van der Waals surface area contributed by atoms with Crippen LogP contribution < -0.4 is 15.4 Å². The molecular formula is C20H27ClN4O3. The zero-order chi connectivity index (χ0) is 18.5. The van der Waals surface area contributed by atoms with Crippen LogP contribution in [0.2, 0.25) is 0 Å². The van der Waals surface area contributed by atoms with Gasteiger partial charge in [-0.15, -0.1) is 12.4 Å². The second kappa shape index (κ2) is 9.41. The van der Waals surface area contributed by atoms with Crippen LogP contribution in [-0.2, 0) is 15.1 Å². The molecule has 2 saturated heterocycles. The average molecular weight is 407 g/mol. The van der Waals surface area contributed by atoms with Gasteiger partial charge in [0.2, 0.25) is 0 Å². The predicted molar refractivity (Wildman–Crippen MR) is 109 cm³/mol. The number of hydrogen-bond donors (Lipinski definition) is 2. The van der Waals surface area contributed by atoms with Crippen molar-refractivity contribution in [1.29, 1.82) is 0 Å². The molecule has 0 radical (unpaired) electrons. The first-order valence-corrected chi connectivity index (χ1v) is 9.63. The molecule has 4 rings (SSSR count). The Morgan fingerprint density at radius 1 is 1.32 bits per heavy atom. The van der Waals surface area contributed by atoms with Crippen LogP contribution >= 0.6 is 12.4 Å². The van der Waals surface area contributed by atoms with Crippen LogP contribution in [0.4, 0.5) is 5.69 Å². The highest BCUT2D eigenvalue weighted by atomic mass is 35.5. The minimum absolute atomic E-state index is 0. The number of aromatic nitrogens is 2. The second-order valence-electron chi connectivity index (χ2n) is 7.16. The van der Waals surface area contributed by atoms with E-state index in [9.17, 15) is 4.79 Å². The number of halogens is 1. The maximum atomic E-state index is 13.1. The van der Waals surface area contributed by atoms with Crippen molar-refractivity contribution in [2.24, 2.45) is 0 Å². The highest BCUT2D eigenvalue weighted by Crippen LogP contribution is 2.29. The number of carbonyl (C=O) groups is 1. The highest BCUT2D eigenvalue weighted by Gasteiger charge is 2.42. The first-order chi connectivity index (χ1) is 13.3. The standard InChI is InChI=1S/C20H26N4O3.ClH/c25-19(20(8-11-21-12-9-20)24-13-2-10-22-24)23-16-4-6-17(7-5-16)27-15-18-3-1-14-26-18;/h2,4-7,10,13,18,21H,1,3,8-9,11-12,14-15H2,(H,23,25);1H. The molecule has 3 heterocycles. The predicted octanol–water partition coefficient (Wildman–Crippen LogP) is 2.58. The fraction of sp³-hybridized carbons (Fsp3) is 0.500. The number of benzene rings is 1. The van der Waals surface area contributed by atoms with Crippen molar-refractivity contribution in [2.45, 2.75) is 37.3 Å². The number of piperidine rings is 1. The SMILES string of the molecule is Cl.O=C(Nc1ccc(OCC2CCCO2)cc1)C1(n2cccn2)CCNCC1.